The summed E-state index contributed by atoms with van der Waals surface area (Å²) in [5.41, 5.74) is 0. The lowest BCUT2D eigenvalue weighted by Gasteiger charge is -2.30. The molecule has 11 heavy (non-hydrogen) atoms. The smallest absolute Gasteiger partial charge is 0.123 e. The second-order valence-electron chi connectivity index (χ2n) is 2.86. The van der Waals surface area contributed by atoms with Crippen LogP contribution in [0.3, 0.4) is 0 Å². The summed E-state index contributed by atoms with van der Waals surface area (Å²) < 4.78 is 0. The Labute approximate surface area is 63.6 Å². The third-order valence-electron chi connectivity index (χ3n) is 1.95. The lowest BCUT2D eigenvalue weighted by molar-refractivity contribution is -0.0602. The highest BCUT2D eigenvalue weighted by atomic mass is 16.3. The molecule has 1 aliphatic carbocycles. The fraction of sp³-hybridized carbons (Fsp3) is 1.00. The van der Waals surface area contributed by atoms with Gasteiger partial charge >= 0.3 is 0 Å². The van der Waals surface area contributed by atoms with E-state index < -0.39 is 24.4 Å². The summed E-state index contributed by atoms with van der Waals surface area (Å²) in [6, 6.07) is -0.867. The van der Waals surface area contributed by atoms with Crippen LogP contribution in [0.25, 0.3) is 0 Å². The molecule has 0 spiro atoms. The molecule has 64 valence electrons. The number of nitroso groups, excluding NO2 is 1. The van der Waals surface area contributed by atoms with E-state index in [-0.39, 0.29) is 12.8 Å². The molecule has 1 saturated carbocycles. The lowest BCUT2D eigenvalue weighted by atomic mass is 9.89. The number of aliphatic hydroxyl groups excluding tert-OH is 3. The van der Waals surface area contributed by atoms with Gasteiger partial charge in [0.2, 0.25) is 0 Å². The van der Waals surface area contributed by atoms with Gasteiger partial charge in [-0.1, -0.05) is 5.18 Å². The monoisotopic (exact) mass is 161 g/mol. The van der Waals surface area contributed by atoms with Gasteiger partial charge in [0.25, 0.3) is 0 Å². The van der Waals surface area contributed by atoms with Crippen molar-refractivity contribution in [2.75, 3.05) is 0 Å². The average molecular weight is 161 g/mol. The van der Waals surface area contributed by atoms with Crippen LogP contribution in [0.1, 0.15) is 12.8 Å². The Bertz CT molecular complexity index is 152. The van der Waals surface area contributed by atoms with E-state index in [9.17, 15) is 4.91 Å². The van der Waals surface area contributed by atoms with Crippen LogP contribution in [0.4, 0.5) is 0 Å². The Morgan fingerprint density at radius 2 is 1.82 bits per heavy atom. The van der Waals surface area contributed by atoms with Crippen molar-refractivity contribution in [3.63, 3.8) is 0 Å². The molecule has 0 aromatic rings. The average Bonchev–Trinajstić information content (AvgIpc) is 1.96. The van der Waals surface area contributed by atoms with Gasteiger partial charge in [0.05, 0.1) is 12.2 Å². The Balaban J connectivity index is 2.58. The van der Waals surface area contributed by atoms with Gasteiger partial charge in [-0.2, -0.15) is 4.91 Å². The van der Waals surface area contributed by atoms with Crippen molar-refractivity contribution in [1.29, 1.82) is 0 Å². The molecule has 0 heterocycles. The minimum atomic E-state index is -1.11. The Morgan fingerprint density at radius 1 is 1.18 bits per heavy atom. The van der Waals surface area contributed by atoms with Crippen LogP contribution in [0, 0.1) is 4.91 Å². The van der Waals surface area contributed by atoms with Gasteiger partial charge in [-0.15, -0.1) is 0 Å². The van der Waals surface area contributed by atoms with Crippen molar-refractivity contribution in [2.45, 2.75) is 37.2 Å². The predicted molar refractivity (Wildman–Crippen MR) is 36.8 cm³/mol. The summed E-state index contributed by atoms with van der Waals surface area (Å²) in [5, 5.41) is 29.8. The Hall–Kier alpha value is -0.520. The summed E-state index contributed by atoms with van der Waals surface area (Å²) in [6.07, 6.45) is -2.61. The first-order chi connectivity index (χ1) is 5.15. The second kappa shape index (κ2) is 3.25. The van der Waals surface area contributed by atoms with Crippen molar-refractivity contribution in [3.05, 3.63) is 4.91 Å². The molecule has 0 bridgehead atoms. The van der Waals surface area contributed by atoms with Crippen LogP contribution in [-0.4, -0.2) is 39.7 Å². The molecule has 0 aliphatic heterocycles. The van der Waals surface area contributed by atoms with E-state index in [0.29, 0.717) is 0 Å². The molecule has 1 rings (SSSR count). The van der Waals surface area contributed by atoms with Gasteiger partial charge in [0.15, 0.2) is 0 Å². The van der Waals surface area contributed by atoms with Crippen molar-refractivity contribution in [2.24, 2.45) is 5.18 Å². The van der Waals surface area contributed by atoms with E-state index in [2.05, 4.69) is 5.18 Å². The van der Waals surface area contributed by atoms with Crippen LogP contribution in [0.2, 0.25) is 0 Å². The minimum Gasteiger partial charge on any atom is -0.393 e. The number of aliphatic hydroxyl groups is 3. The summed E-state index contributed by atoms with van der Waals surface area (Å²) in [4.78, 5) is 10.0. The third kappa shape index (κ3) is 1.74. The first-order valence-corrected chi connectivity index (χ1v) is 3.52. The Morgan fingerprint density at radius 3 is 2.36 bits per heavy atom. The number of hydrogen-bond acceptors (Lipinski definition) is 5. The molecule has 3 N–H and O–H groups in total. The molecular formula is C6H11NO4. The fourth-order valence-corrected chi connectivity index (χ4v) is 1.29. The maximum absolute atomic E-state index is 10.0. The highest BCUT2D eigenvalue weighted by molar-refractivity contribution is 4.89. The summed E-state index contributed by atoms with van der Waals surface area (Å²) in [7, 11) is 0. The van der Waals surface area contributed by atoms with Crippen LogP contribution >= 0.6 is 0 Å². The van der Waals surface area contributed by atoms with Crippen molar-refractivity contribution >= 4 is 0 Å². The molecule has 0 aromatic heterocycles. The van der Waals surface area contributed by atoms with E-state index in [4.69, 9.17) is 15.3 Å². The Kier molecular flexibility index (Phi) is 2.53. The van der Waals surface area contributed by atoms with Gasteiger partial charge in [0, 0.05) is 12.8 Å². The zero-order valence-corrected chi connectivity index (χ0v) is 5.92. The van der Waals surface area contributed by atoms with Crippen molar-refractivity contribution < 1.29 is 15.3 Å². The molecule has 0 radical (unpaired) electrons. The van der Waals surface area contributed by atoms with Gasteiger partial charge in [-0.3, -0.25) is 0 Å². The molecule has 5 heteroatoms. The lowest BCUT2D eigenvalue weighted by Crippen LogP contribution is -2.45. The molecule has 0 saturated heterocycles. The molecule has 4 unspecified atom stereocenters. The summed E-state index contributed by atoms with van der Waals surface area (Å²) in [5.74, 6) is 0. The van der Waals surface area contributed by atoms with Crippen LogP contribution in [0.5, 0.6) is 0 Å². The van der Waals surface area contributed by atoms with E-state index in [0.717, 1.165) is 0 Å². The van der Waals surface area contributed by atoms with E-state index >= 15 is 0 Å². The van der Waals surface area contributed by atoms with Gasteiger partial charge < -0.3 is 15.3 Å². The molecule has 0 aromatic carbocycles. The number of nitrogens with zero attached hydrogens (tertiary/aromatic N) is 1. The van der Waals surface area contributed by atoms with Gasteiger partial charge in [-0.25, -0.2) is 0 Å². The number of hydrogen-bond donors (Lipinski definition) is 3. The minimum absolute atomic E-state index is 0.118. The fourth-order valence-electron chi connectivity index (χ4n) is 1.29. The maximum Gasteiger partial charge on any atom is 0.123 e. The van der Waals surface area contributed by atoms with E-state index in [1.165, 1.54) is 0 Å². The van der Waals surface area contributed by atoms with Crippen LogP contribution in [0.15, 0.2) is 5.18 Å². The zero-order valence-electron chi connectivity index (χ0n) is 5.92. The standard InChI is InChI=1S/C6H11NO4/c8-3-1-4(7-11)6(10)5(9)2-3/h3-6,8-10H,1-2H2. The maximum atomic E-state index is 10.0. The first-order valence-electron chi connectivity index (χ1n) is 3.52. The zero-order chi connectivity index (χ0) is 8.43. The molecule has 1 fully saturated rings. The summed E-state index contributed by atoms with van der Waals surface area (Å²) >= 11 is 0. The highest BCUT2D eigenvalue weighted by Gasteiger charge is 2.35. The molecule has 4 atom stereocenters. The quantitative estimate of drug-likeness (QED) is 0.430. The normalized spacial score (nSPS) is 45.4. The topological polar surface area (TPSA) is 90.1 Å². The molecule has 1 aliphatic rings. The van der Waals surface area contributed by atoms with Crippen LogP contribution in [-0.2, 0) is 0 Å². The van der Waals surface area contributed by atoms with Crippen molar-refractivity contribution in [3.8, 4) is 0 Å². The second-order valence-corrected chi connectivity index (χ2v) is 2.86. The van der Waals surface area contributed by atoms with Gasteiger partial charge in [-0.05, 0) is 0 Å². The van der Waals surface area contributed by atoms with Crippen molar-refractivity contribution in [1.82, 2.24) is 0 Å². The molecule has 5 nitrogen and oxygen atoms in total. The summed E-state index contributed by atoms with van der Waals surface area (Å²) in [6.45, 7) is 0. The van der Waals surface area contributed by atoms with Crippen LogP contribution < -0.4 is 0 Å². The SMILES string of the molecule is O=NC1CC(O)CC(O)C1O. The van der Waals surface area contributed by atoms with E-state index in [1.807, 2.05) is 0 Å². The van der Waals surface area contributed by atoms with Gasteiger partial charge in [0.1, 0.15) is 12.1 Å². The third-order valence-corrected chi connectivity index (χ3v) is 1.95. The molecule has 0 amide bonds. The van der Waals surface area contributed by atoms with E-state index in [1.54, 1.807) is 0 Å². The number of rotatable bonds is 1. The molecular weight excluding hydrogens is 150 g/mol. The predicted octanol–water partition coefficient (Wildman–Crippen LogP) is -1.00. The largest absolute Gasteiger partial charge is 0.393 e. The highest BCUT2D eigenvalue weighted by Crippen LogP contribution is 2.21. The first kappa shape index (κ1) is 8.58.